The van der Waals surface area contributed by atoms with Gasteiger partial charge in [0.05, 0.1) is 26.7 Å². The number of amides is 2. The van der Waals surface area contributed by atoms with E-state index in [2.05, 4.69) is 0 Å². The predicted octanol–water partition coefficient (Wildman–Crippen LogP) is 1.34. The van der Waals surface area contributed by atoms with Gasteiger partial charge < -0.3 is 19.3 Å². The maximum atomic E-state index is 12.5. The molecule has 2 saturated heterocycles. The summed E-state index contributed by atoms with van der Waals surface area (Å²) < 4.78 is 10.4. The fraction of sp³-hybridized carbons (Fsp3) is 0.579. The van der Waals surface area contributed by atoms with Gasteiger partial charge in [0.2, 0.25) is 11.8 Å². The molecule has 0 unspecified atom stereocenters. The summed E-state index contributed by atoms with van der Waals surface area (Å²) in [5.74, 6) is 1.19. The van der Waals surface area contributed by atoms with Crippen LogP contribution >= 0.6 is 0 Å². The Hall–Kier alpha value is -2.08. The number of carbonyl (C=O) groups is 2. The Balaban J connectivity index is 1.47. The minimum Gasteiger partial charge on any atom is -0.497 e. The molecule has 2 heterocycles. The Kier molecular flexibility index (Phi) is 5.91. The fourth-order valence-corrected chi connectivity index (χ4v) is 3.45. The molecule has 0 spiro atoms. The molecule has 3 rings (SSSR count). The lowest BCUT2D eigenvalue weighted by Crippen LogP contribution is -2.47. The number of hydrogen-bond acceptors (Lipinski definition) is 4. The van der Waals surface area contributed by atoms with Crippen molar-refractivity contribution in [3.8, 4) is 5.75 Å². The molecule has 2 fully saturated rings. The molecule has 0 radical (unpaired) electrons. The van der Waals surface area contributed by atoms with Crippen LogP contribution < -0.4 is 4.74 Å². The molecule has 0 bridgehead atoms. The van der Waals surface area contributed by atoms with E-state index in [9.17, 15) is 9.59 Å². The van der Waals surface area contributed by atoms with E-state index in [1.165, 1.54) is 0 Å². The Labute approximate surface area is 148 Å². The van der Waals surface area contributed by atoms with E-state index >= 15 is 0 Å². The number of ether oxygens (including phenoxy) is 2. The van der Waals surface area contributed by atoms with Crippen LogP contribution in [0, 0.1) is 5.92 Å². The molecule has 2 aliphatic rings. The van der Waals surface area contributed by atoms with Gasteiger partial charge in [-0.2, -0.15) is 0 Å². The average molecular weight is 346 g/mol. The van der Waals surface area contributed by atoms with Crippen molar-refractivity contribution in [2.24, 2.45) is 5.92 Å². The van der Waals surface area contributed by atoms with E-state index in [0.717, 1.165) is 24.2 Å². The number of likely N-dealkylation sites (tertiary alicyclic amines) is 1. The quantitative estimate of drug-likeness (QED) is 0.825. The van der Waals surface area contributed by atoms with Gasteiger partial charge in [-0.3, -0.25) is 9.59 Å². The number of nitrogens with zero attached hydrogens (tertiary/aromatic N) is 2. The van der Waals surface area contributed by atoms with Crippen LogP contribution in [0.3, 0.4) is 0 Å². The van der Waals surface area contributed by atoms with Gasteiger partial charge in [0.25, 0.3) is 0 Å². The lowest BCUT2D eigenvalue weighted by Gasteiger charge is -2.35. The summed E-state index contributed by atoms with van der Waals surface area (Å²) in [6.45, 7) is 3.96. The van der Waals surface area contributed by atoms with Gasteiger partial charge >= 0.3 is 0 Å². The SMILES string of the molecule is COc1ccc(CC(=O)N2CCC(C(=O)N3CCOCC3)CC2)cc1. The van der Waals surface area contributed by atoms with Crippen molar-refractivity contribution in [3.05, 3.63) is 29.8 Å². The zero-order valence-corrected chi connectivity index (χ0v) is 14.8. The van der Waals surface area contributed by atoms with Gasteiger partial charge in [-0.25, -0.2) is 0 Å². The Morgan fingerprint density at radius 2 is 1.68 bits per heavy atom. The van der Waals surface area contributed by atoms with Crippen molar-refractivity contribution >= 4 is 11.8 Å². The highest BCUT2D eigenvalue weighted by molar-refractivity contribution is 5.81. The van der Waals surface area contributed by atoms with Crippen molar-refractivity contribution in [1.82, 2.24) is 9.80 Å². The molecule has 0 saturated carbocycles. The molecule has 25 heavy (non-hydrogen) atoms. The number of morpholine rings is 1. The zero-order chi connectivity index (χ0) is 17.6. The second-order valence-electron chi connectivity index (χ2n) is 6.62. The number of hydrogen-bond donors (Lipinski definition) is 0. The lowest BCUT2D eigenvalue weighted by molar-refractivity contribution is -0.143. The third-order valence-corrected chi connectivity index (χ3v) is 5.03. The summed E-state index contributed by atoms with van der Waals surface area (Å²) in [6, 6.07) is 7.59. The Morgan fingerprint density at radius 3 is 2.28 bits per heavy atom. The average Bonchev–Trinajstić information content (AvgIpc) is 2.69. The van der Waals surface area contributed by atoms with E-state index in [1.54, 1.807) is 7.11 Å². The van der Waals surface area contributed by atoms with E-state index in [1.807, 2.05) is 34.1 Å². The summed E-state index contributed by atoms with van der Waals surface area (Å²) in [5.41, 5.74) is 0.984. The van der Waals surface area contributed by atoms with Gasteiger partial charge in [0.15, 0.2) is 0 Å². The summed E-state index contributed by atoms with van der Waals surface area (Å²) >= 11 is 0. The summed E-state index contributed by atoms with van der Waals surface area (Å²) in [5, 5.41) is 0. The van der Waals surface area contributed by atoms with Crippen molar-refractivity contribution in [1.29, 1.82) is 0 Å². The van der Waals surface area contributed by atoms with Crippen LogP contribution in [-0.4, -0.2) is 68.1 Å². The van der Waals surface area contributed by atoms with E-state index in [0.29, 0.717) is 45.8 Å². The van der Waals surface area contributed by atoms with Gasteiger partial charge in [-0.15, -0.1) is 0 Å². The van der Waals surface area contributed by atoms with Crippen molar-refractivity contribution in [3.63, 3.8) is 0 Å². The highest BCUT2D eigenvalue weighted by Crippen LogP contribution is 2.21. The molecule has 136 valence electrons. The molecular weight excluding hydrogens is 320 g/mol. The number of benzene rings is 1. The highest BCUT2D eigenvalue weighted by Gasteiger charge is 2.30. The van der Waals surface area contributed by atoms with Crippen LogP contribution in [0.1, 0.15) is 18.4 Å². The first-order valence-electron chi connectivity index (χ1n) is 8.94. The smallest absolute Gasteiger partial charge is 0.226 e. The monoisotopic (exact) mass is 346 g/mol. The first kappa shape index (κ1) is 17.7. The summed E-state index contributed by atoms with van der Waals surface area (Å²) in [4.78, 5) is 28.8. The number of methoxy groups -OCH3 is 1. The van der Waals surface area contributed by atoms with Crippen LogP contribution in [0.5, 0.6) is 5.75 Å². The minimum absolute atomic E-state index is 0.0446. The normalized spacial score (nSPS) is 18.9. The first-order chi connectivity index (χ1) is 12.2. The lowest BCUT2D eigenvalue weighted by atomic mass is 9.94. The van der Waals surface area contributed by atoms with Crippen molar-refractivity contribution in [2.45, 2.75) is 19.3 Å². The van der Waals surface area contributed by atoms with Crippen LogP contribution in [0.2, 0.25) is 0 Å². The molecule has 6 heteroatoms. The van der Waals surface area contributed by atoms with Crippen LogP contribution in [0.4, 0.5) is 0 Å². The van der Waals surface area contributed by atoms with Crippen molar-refractivity contribution in [2.75, 3.05) is 46.5 Å². The van der Waals surface area contributed by atoms with Gasteiger partial charge in [-0.05, 0) is 30.5 Å². The van der Waals surface area contributed by atoms with E-state index < -0.39 is 0 Å². The molecule has 6 nitrogen and oxygen atoms in total. The highest BCUT2D eigenvalue weighted by atomic mass is 16.5. The van der Waals surface area contributed by atoms with Crippen molar-refractivity contribution < 1.29 is 19.1 Å². The van der Waals surface area contributed by atoms with Crippen LogP contribution in [0.15, 0.2) is 24.3 Å². The Morgan fingerprint density at radius 1 is 1.04 bits per heavy atom. The third-order valence-electron chi connectivity index (χ3n) is 5.03. The number of rotatable bonds is 4. The molecule has 1 aromatic carbocycles. The standard InChI is InChI=1S/C19H26N2O4/c1-24-17-4-2-15(3-5-17)14-18(22)20-8-6-16(7-9-20)19(23)21-10-12-25-13-11-21/h2-5,16H,6-14H2,1H3. The number of carbonyl (C=O) groups excluding carboxylic acids is 2. The zero-order valence-electron chi connectivity index (χ0n) is 14.8. The largest absolute Gasteiger partial charge is 0.497 e. The number of piperidine rings is 1. The molecule has 1 aromatic rings. The van der Waals surface area contributed by atoms with Crippen LogP contribution in [-0.2, 0) is 20.7 Å². The maximum absolute atomic E-state index is 12.5. The minimum atomic E-state index is 0.0446. The van der Waals surface area contributed by atoms with E-state index in [4.69, 9.17) is 9.47 Å². The predicted molar refractivity (Wildman–Crippen MR) is 93.4 cm³/mol. The second-order valence-corrected chi connectivity index (χ2v) is 6.62. The molecule has 2 aliphatic heterocycles. The molecular formula is C19H26N2O4. The first-order valence-corrected chi connectivity index (χ1v) is 8.94. The molecule has 2 amide bonds. The second kappa shape index (κ2) is 8.34. The summed E-state index contributed by atoms with van der Waals surface area (Å²) in [7, 11) is 1.63. The molecule has 0 N–H and O–H groups in total. The maximum Gasteiger partial charge on any atom is 0.226 e. The molecule has 0 aromatic heterocycles. The molecule has 0 atom stereocenters. The third kappa shape index (κ3) is 4.51. The van der Waals surface area contributed by atoms with E-state index in [-0.39, 0.29) is 17.7 Å². The van der Waals surface area contributed by atoms with Gasteiger partial charge in [-0.1, -0.05) is 12.1 Å². The summed E-state index contributed by atoms with van der Waals surface area (Å²) in [6.07, 6.45) is 1.90. The van der Waals surface area contributed by atoms with Gasteiger partial charge in [0.1, 0.15) is 5.75 Å². The topological polar surface area (TPSA) is 59.1 Å². The van der Waals surface area contributed by atoms with Crippen LogP contribution in [0.25, 0.3) is 0 Å². The Bertz CT molecular complexity index is 588. The van der Waals surface area contributed by atoms with Gasteiger partial charge in [0, 0.05) is 32.1 Å². The molecule has 0 aliphatic carbocycles. The fourth-order valence-electron chi connectivity index (χ4n) is 3.45.